The van der Waals surface area contributed by atoms with Crippen molar-refractivity contribution in [2.45, 2.75) is 24.3 Å². The lowest BCUT2D eigenvalue weighted by molar-refractivity contribution is -0.384. The molecule has 0 spiro atoms. The van der Waals surface area contributed by atoms with Crippen LogP contribution in [0.1, 0.15) is 28.9 Å². The van der Waals surface area contributed by atoms with Crippen molar-refractivity contribution in [3.63, 3.8) is 0 Å². The number of amides is 1. The van der Waals surface area contributed by atoms with Crippen LogP contribution in [-0.4, -0.2) is 46.4 Å². The number of carbonyl (C=O) groups is 1. The van der Waals surface area contributed by atoms with E-state index >= 15 is 0 Å². The van der Waals surface area contributed by atoms with Crippen LogP contribution in [0, 0.1) is 10.1 Å². The Morgan fingerprint density at radius 1 is 1.09 bits per heavy atom. The van der Waals surface area contributed by atoms with Gasteiger partial charge in [0.25, 0.3) is 11.6 Å². The zero-order chi connectivity index (χ0) is 22.7. The van der Waals surface area contributed by atoms with Gasteiger partial charge in [-0.05, 0) is 42.7 Å². The minimum absolute atomic E-state index is 0.0702. The number of nitro groups is 1. The standard InChI is InChI=1S/C21H21N5O5S/c27-21(20-10-13-25(23-20)17-4-3-5-18(14-17)26(28)29)22-15-16-6-8-19(9-7-16)32(30,31)24-11-1-2-12-24/h3-10,13-14H,1-2,11-12,15H2,(H,22,27). The highest BCUT2D eigenvalue weighted by molar-refractivity contribution is 7.89. The molecule has 0 saturated carbocycles. The zero-order valence-corrected chi connectivity index (χ0v) is 17.9. The van der Waals surface area contributed by atoms with Gasteiger partial charge < -0.3 is 5.32 Å². The van der Waals surface area contributed by atoms with Crippen LogP contribution in [0.2, 0.25) is 0 Å². The molecule has 1 aliphatic heterocycles. The second kappa shape index (κ2) is 8.89. The first-order valence-electron chi connectivity index (χ1n) is 10.0. The second-order valence-corrected chi connectivity index (χ2v) is 9.30. The molecule has 4 rings (SSSR count). The third-order valence-electron chi connectivity index (χ3n) is 5.21. The fourth-order valence-electron chi connectivity index (χ4n) is 3.47. The van der Waals surface area contributed by atoms with Crippen LogP contribution < -0.4 is 5.32 Å². The number of aromatic nitrogens is 2. The third kappa shape index (κ3) is 4.53. The van der Waals surface area contributed by atoms with E-state index in [1.807, 2.05) is 0 Å². The summed E-state index contributed by atoms with van der Waals surface area (Å²) in [5.74, 6) is -0.414. The van der Waals surface area contributed by atoms with E-state index in [0.29, 0.717) is 18.8 Å². The normalized spacial score (nSPS) is 14.4. The number of rotatable bonds is 7. The molecular weight excluding hydrogens is 434 g/mol. The van der Waals surface area contributed by atoms with Crippen LogP contribution in [0.4, 0.5) is 5.69 Å². The second-order valence-electron chi connectivity index (χ2n) is 7.36. The highest BCUT2D eigenvalue weighted by Gasteiger charge is 2.26. The number of hydrogen-bond acceptors (Lipinski definition) is 6. The topological polar surface area (TPSA) is 127 Å². The Balaban J connectivity index is 1.39. The fraction of sp³-hybridized carbons (Fsp3) is 0.238. The van der Waals surface area contributed by atoms with Crippen molar-refractivity contribution in [2.75, 3.05) is 13.1 Å². The predicted octanol–water partition coefficient (Wildman–Crippen LogP) is 2.50. The summed E-state index contributed by atoms with van der Waals surface area (Å²) in [6, 6.07) is 13.9. The average molecular weight is 455 g/mol. The molecule has 0 unspecified atom stereocenters. The molecule has 1 amide bonds. The molecule has 166 valence electrons. The molecule has 1 N–H and O–H groups in total. The molecule has 32 heavy (non-hydrogen) atoms. The first-order chi connectivity index (χ1) is 15.3. The lowest BCUT2D eigenvalue weighted by Crippen LogP contribution is -2.28. The van der Waals surface area contributed by atoms with Crippen LogP contribution in [0.15, 0.2) is 65.7 Å². The van der Waals surface area contributed by atoms with Crippen LogP contribution in [0.25, 0.3) is 5.69 Å². The van der Waals surface area contributed by atoms with Crippen LogP contribution >= 0.6 is 0 Å². The summed E-state index contributed by atoms with van der Waals surface area (Å²) in [5, 5.41) is 17.9. The van der Waals surface area contributed by atoms with Gasteiger partial charge in [-0.1, -0.05) is 18.2 Å². The van der Waals surface area contributed by atoms with Crippen LogP contribution in [0.3, 0.4) is 0 Å². The van der Waals surface area contributed by atoms with Gasteiger partial charge in [0.2, 0.25) is 10.0 Å². The van der Waals surface area contributed by atoms with Gasteiger partial charge in [0.1, 0.15) is 0 Å². The number of carbonyl (C=O) groups excluding carboxylic acids is 1. The van der Waals surface area contributed by atoms with E-state index in [0.717, 1.165) is 18.4 Å². The predicted molar refractivity (Wildman–Crippen MR) is 116 cm³/mol. The van der Waals surface area contributed by atoms with E-state index in [4.69, 9.17) is 0 Å². The molecule has 0 radical (unpaired) electrons. The smallest absolute Gasteiger partial charge is 0.272 e. The maximum absolute atomic E-state index is 12.6. The molecule has 1 aliphatic rings. The lowest BCUT2D eigenvalue weighted by atomic mass is 10.2. The lowest BCUT2D eigenvalue weighted by Gasteiger charge is -2.15. The Hall–Kier alpha value is -3.57. The van der Waals surface area contributed by atoms with Gasteiger partial charge in [-0.2, -0.15) is 9.40 Å². The summed E-state index contributed by atoms with van der Waals surface area (Å²) in [5.41, 5.74) is 1.30. The van der Waals surface area contributed by atoms with Gasteiger partial charge in [-0.3, -0.25) is 14.9 Å². The Bertz CT molecular complexity index is 1250. The van der Waals surface area contributed by atoms with Crippen LogP contribution in [-0.2, 0) is 16.6 Å². The van der Waals surface area contributed by atoms with Gasteiger partial charge in [0.15, 0.2) is 5.69 Å². The highest BCUT2D eigenvalue weighted by Crippen LogP contribution is 2.21. The maximum atomic E-state index is 12.6. The first-order valence-corrected chi connectivity index (χ1v) is 11.5. The molecule has 2 heterocycles. The number of sulfonamides is 1. The molecule has 1 aromatic heterocycles. The summed E-state index contributed by atoms with van der Waals surface area (Å²) >= 11 is 0. The Labute approximate surface area is 184 Å². The van der Waals surface area contributed by atoms with E-state index in [9.17, 15) is 23.3 Å². The van der Waals surface area contributed by atoms with Gasteiger partial charge in [-0.25, -0.2) is 13.1 Å². The van der Waals surface area contributed by atoms with Crippen molar-refractivity contribution in [3.8, 4) is 5.69 Å². The maximum Gasteiger partial charge on any atom is 0.272 e. The summed E-state index contributed by atoms with van der Waals surface area (Å²) in [7, 11) is -3.47. The number of nitrogens with one attached hydrogen (secondary N) is 1. The van der Waals surface area contributed by atoms with E-state index < -0.39 is 20.9 Å². The van der Waals surface area contributed by atoms with Crippen molar-refractivity contribution >= 4 is 21.6 Å². The molecule has 10 nitrogen and oxygen atoms in total. The Morgan fingerprint density at radius 3 is 2.50 bits per heavy atom. The van der Waals surface area contributed by atoms with Gasteiger partial charge in [-0.15, -0.1) is 0 Å². The summed E-state index contributed by atoms with van der Waals surface area (Å²) < 4.78 is 28.0. The number of hydrogen-bond donors (Lipinski definition) is 1. The molecule has 2 aromatic carbocycles. The minimum Gasteiger partial charge on any atom is -0.347 e. The minimum atomic E-state index is -3.47. The zero-order valence-electron chi connectivity index (χ0n) is 17.0. The summed E-state index contributed by atoms with van der Waals surface area (Å²) in [4.78, 5) is 23.1. The molecule has 1 fully saturated rings. The van der Waals surface area contributed by atoms with E-state index in [2.05, 4.69) is 10.4 Å². The van der Waals surface area contributed by atoms with Crippen molar-refractivity contribution in [2.24, 2.45) is 0 Å². The number of benzene rings is 2. The quantitative estimate of drug-likeness (QED) is 0.431. The monoisotopic (exact) mass is 455 g/mol. The Kier molecular flexibility index (Phi) is 6.01. The van der Waals surface area contributed by atoms with Crippen molar-refractivity contribution in [3.05, 3.63) is 82.2 Å². The van der Waals surface area contributed by atoms with Gasteiger partial charge in [0, 0.05) is 38.0 Å². The number of non-ortho nitro benzene ring substituents is 1. The molecule has 0 aliphatic carbocycles. The van der Waals surface area contributed by atoms with E-state index in [1.165, 1.54) is 27.2 Å². The fourth-order valence-corrected chi connectivity index (χ4v) is 4.98. The number of nitro benzene ring substituents is 1. The molecule has 0 atom stereocenters. The summed E-state index contributed by atoms with van der Waals surface area (Å²) in [6.07, 6.45) is 3.30. The molecule has 0 bridgehead atoms. The van der Waals surface area contributed by atoms with Gasteiger partial charge in [0.05, 0.1) is 15.5 Å². The molecule has 11 heteroatoms. The molecule has 1 saturated heterocycles. The van der Waals surface area contributed by atoms with Gasteiger partial charge >= 0.3 is 0 Å². The molecule has 3 aromatic rings. The van der Waals surface area contributed by atoms with Crippen molar-refractivity contribution in [1.29, 1.82) is 0 Å². The van der Waals surface area contributed by atoms with E-state index in [-0.39, 0.29) is 22.8 Å². The average Bonchev–Trinajstić information content (AvgIpc) is 3.51. The number of nitrogens with zero attached hydrogens (tertiary/aromatic N) is 4. The SMILES string of the molecule is O=C(NCc1ccc(S(=O)(=O)N2CCCC2)cc1)c1ccn(-c2cccc([N+](=O)[O-])c2)n1. The van der Waals surface area contributed by atoms with Crippen molar-refractivity contribution < 1.29 is 18.1 Å². The Morgan fingerprint density at radius 2 is 1.81 bits per heavy atom. The first kappa shape index (κ1) is 21.7. The third-order valence-corrected chi connectivity index (χ3v) is 7.12. The highest BCUT2D eigenvalue weighted by atomic mass is 32.2. The largest absolute Gasteiger partial charge is 0.347 e. The summed E-state index contributed by atoms with van der Waals surface area (Å²) in [6.45, 7) is 1.29. The molecular formula is C21H21N5O5S. The van der Waals surface area contributed by atoms with E-state index in [1.54, 1.807) is 42.6 Å². The van der Waals surface area contributed by atoms with Crippen LogP contribution in [0.5, 0.6) is 0 Å². The van der Waals surface area contributed by atoms with Crippen molar-refractivity contribution in [1.82, 2.24) is 19.4 Å².